The van der Waals surface area contributed by atoms with Crippen LogP contribution in [0.2, 0.25) is 10.0 Å². The highest BCUT2D eigenvalue weighted by Gasteiger charge is 2.29. The van der Waals surface area contributed by atoms with Crippen molar-refractivity contribution in [2.75, 3.05) is 18.1 Å². The molecular formula is C14H13Cl2N3O4S. The first-order valence-corrected chi connectivity index (χ1v) is 9.64. The Labute approximate surface area is 148 Å². The number of rotatable bonds is 4. The number of hydrogen-bond donors (Lipinski definition) is 1. The Morgan fingerprint density at radius 2 is 2.12 bits per heavy atom. The number of carbonyl (C=O) groups is 1. The third-order valence-electron chi connectivity index (χ3n) is 3.56. The van der Waals surface area contributed by atoms with Crippen molar-refractivity contribution in [2.45, 2.75) is 12.5 Å². The molecule has 0 aliphatic carbocycles. The van der Waals surface area contributed by atoms with Crippen LogP contribution in [0.5, 0.6) is 5.88 Å². The van der Waals surface area contributed by atoms with E-state index in [1.54, 1.807) is 12.1 Å². The van der Waals surface area contributed by atoms with Crippen molar-refractivity contribution in [2.24, 2.45) is 0 Å². The van der Waals surface area contributed by atoms with Gasteiger partial charge in [-0.05, 0) is 18.6 Å². The highest BCUT2D eigenvalue weighted by atomic mass is 35.5. The van der Waals surface area contributed by atoms with Gasteiger partial charge in [0.1, 0.15) is 6.33 Å². The number of sulfone groups is 1. The van der Waals surface area contributed by atoms with E-state index in [0.717, 1.165) is 0 Å². The third kappa shape index (κ3) is 3.88. The Bertz CT molecular complexity index is 904. The molecule has 128 valence electrons. The molecule has 1 saturated heterocycles. The summed E-state index contributed by atoms with van der Waals surface area (Å²) in [4.78, 5) is 20.0. The SMILES string of the molecule is O=C(COc1ncnc2c(Cl)cc(Cl)cc12)NC1CCS(=O)(=O)C1. The van der Waals surface area contributed by atoms with Crippen molar-refractivity contribution < 1.29 is 17.9 Å². The van der Waals surface area contributed by atoms with Gasteiger partial charge in [-0.3, -0.25) is 4.79 Å². The second-order valence-corrected chi connectivity index (χ2v) is 8.49. The number of nitrogens with one attached hydrogen (secondary N) is 1. The quantitative estimate of drug-likeness (QED) is 0.852. The molecule has 0 bridgehead atoms. The largest absolute Gasteiger partial charge is 0.467 e. The summed E-state index contributed by atoms with van der Waals surface area (Å²) in [5.74, 6) is -0.192. The average molecular weight is 390 g/mol. The summed E-state index contributed by atoms with van der Waals surface area (Å²) in [6.45, 7) is -0.299. The Morgan fingerprint density at radius 1 is 1.33 bits per heavy atom. The Hall–Kier alpha value is -1.64. The topological polar surface area (TPSA) is 98.2 Å². The maximum absolute atomic E-state index is 11.9. The van der Waals surface area contributed by atoms with Crippen LogP contribution >= 0.6 is 23.2 Å². The first-order valence-electron chi connectivity index (χ1n) is 7.06. The second kappa shape index (κ2) is 6.70. The number of benzene rings is 1. The van der Waals surface area contributed by atoms with Crippen molar-refractivity contribution in [3.05, 3.63) is 28.5 Å². The molecule has 1 N–H and O–H groups in total. The smallest absolute Gasteiger partial charge is 0.258 e. The molecule has 1 aliphatic rings. The molecule has 1 atom stereocenters. The fourth-order valence-electron chi connectivity index (χ4n) is 2.50. The Morgan fingerprint density at radius 3 is 2.83 bits per heavy atom. The lowest BCUT2D eigenvalue weighted by atomic mass is 10.2. The molecule has 1 aromatic heterocycles. The van der Waals surface area contributed by atoms with Crippen LogP contribution in [-0.2, 0) is 14.6 Å². The van der Waals surface area contributed by atoms with Crippen molar-refractivity contribution in [1.29, 1.82) is 0 Å². The van der Waals surface area contributed by atoms with Crippen molar-refractivity contribution in [1.82, 2.24) is 15.3 Å². The van der Waals surface area contributed by atoms with E-state index in [-0.39, 0.29) is 30.0 Å². The summed E-state index contributed by atoms with van der Waals surface area (Å²) in [6, 6.07) is 2.77. The fraction of sp³-hybridized carbons (Fsp3) is 0.357. The summed E-state index contributed by atoms with van der Waals surface area (Å²) in [5.41, 5.74) is 0.466. The van der Waals surface area contributed by atoms with Gasteiger partial charge in [-0.15, -0.1) is 0 Å². The summed E-state index contributed by atoms with van der Waals surface area (Å²) in [6.07, 6.45) is 1.69. The van der Waals surface area contributed by atoms with Gasteiger partial charge in [0, 0.05) is 11.1 Å². The van der Waals surface area contributed by atoms with Crippen LogP contribution in [-0.4, -0.2) is 48.4 Å². The van der Waals surface area contributed by atoms with Crippen LogP contribution in [0.1, 0.15) is 6.42 Å². The van der Waals surface area contributed by atoms with Gasteiger partial charge in [-0.2, -0.15) is 0 Å². The molecule has 1 amide bonds. The molecule has 1 aromatic carbocycles. The third-order valence-corrected chi connectivity index (χ3v) is 5.83. The zero-order chi connectivity index (χ0) is 17.3. The van der Waals surface area contributed by atoms with Crippen molar-refractivity contribution >= 4 is 49.8 Å². The minimum absolute atomic E-state index is 0.0413. The molecule has 0 spiro atoms. The van der Waals surface area contributed by atoms with Gasteiger partial charge in [0.2, 0.25) is 5.88 Å². The van der Waals surface area contributed by atoms with Gasteiger partial charge in [0.05, 0.1) is 27.4 Å². The van der Waals surface area contributed by atoms with E-state index < -0.39 is 15.7 Å². The normalized spacial score (nSPS) is 19.3. The molecule has 1 aliphatic heterocycles. The number of fused-ring (bicyclic) bond motifs is 1. The van der Waals surface area contributed by atoms with Crippen LogP contribution in [0.15, 0.2) is 18.5 Å². The highest BCUT2D eigenvalue weighted by molar-refractivity contribution is 7.91. The zero-order valence-electron chi connectivity index (χ0n) is 12.3. The average Bonchev–Trinajstić information content (AvgIpc) is 2.84. The fourth-order valence-corrected chi connectivity index (χ4v) is 4.71. The molecule has 1 unspecified atom stereocenters. The van der Waals surface area contributed by atoms with Crippen LogP contribution < -0.4 is 10.1 Å². The van der Waals surface area contributed by atoms with Crippen molar-refractivity contribution in [3.8, 4) is 5.88 Å². The Kier molecular flexibility index (Phi) is 4.80. The van der Waals surface area contributed by atoms with E-state index in [9.17, 15) is 13.2 Å². The minimum Gasteiger partial charge on any atom is -0.467 e. The number of halogens is 2. The highest BCUT2D eigenvalue weighted by Crippen LogP contribution is 2.30. The monoisotopic (exact) mass is 389 g/mol. The molecule has 2 heterocycles. The van der Waals surface area contributed by atoms with Gasteiger partial charge in [-0.25, -0.2) is 18.4 Å². The predicted molar refractivity (Wildman–Crippen MR) is 90.3 cm³/mol. The molecule has 0 radical (unpaired) electrons. The van der Waals surface area contributed by atoms with Gasteiger partial charge in [-0.1, -0.05) is 23.2 Å². The summed E-state index contributed by atoms with van der Waals surface area (Å²) in [7, 11) is -3.05. The lowest BCUT2D eigenvalue weighted by Crippen LogP contribution is -2.38. The minimum atomic E-state index is -3.05. The lowest BCUT2D eigenvalue weighted by Gasteiger charge is -2.12. The van der Waals surface area contributed by atoms with E-state index >= 15 is 0 Å². The lowest BCUT2D eigenvalue weighted by molar-refractivity contribution is -0.123. The van der Waals surface area contributed by atoms with E-state index in [4.69, 9.17) is 27.9 Å². The number of ether oxygens (including phenoxy) is 1. The maximum Gasteiger partial charge on any atom is 0.258 e. The Balaban J connectivity index is 1.69. The van der Waals surface area contributed by atoms with Gasteiger partial charge >= 0.3 is 0 Å². The first kappa shape index (κ1) is 17.2. The molecular weight excluding hydrogens is 377 g/mol. The van der Waals surface area contributed by atoms with Crippen molar-refractivity contribution in [3.63, 3.8) is 0 Å². The molecule has 10 heteroatoms. The molecule has 7 nitrogen and oxygen atoms in total. The summed E-state index contributed by atoms with van der Waals surface area (Å²) >= 11 is 12.0. The van der Waals surface area contributed by atoms with Crippen LogP contribution in [0.3, 0.4) is 0 Å². The molecule has 24 heavy (non-hydrogen) atoms. The van der Waals surface area contributed by atoms with Crippen LogP contribution in [0.25, 0.3) is 10.9 Å². The molecule has 1 fully saturated rings. The molecule has 0 saturated carbocycles. The van der Waals surface area contributed by atoms with E-state index in [2.05, 4.69) is 15.3 Å². The van der Waals surface area contributed by atoms with E-state index in [1.807, 2.05) is 0 Å². The first-order chi connectivity index (χ1) is 11.3. The number of nitrogens with zero attached hydrogens (tertiary/aromatic N) is 2. The number of hydrogen-bond acceptors (Lipinski definition) is 6. The van der Waals surface area contributed by atoms with Gasteiger partial charge in [0.15, 0.2) is 16.4 Å². The standard InChI is InChI=1S/C14H13Cl2N3O4S/c15-8-3-10-13(11(16)4-8)17-7-18-14(10)23-5-12(20)19-9-1-2-24(21,22)6-9/h3-4,7,9H,1-2,5-6H2,(H,19,20). The van der Waals surface area contributed by atoms with E-state index in [1.165, 1.54) is 6.33 Å². The number of amides is 1. The summed E-state index contributed by atoms with van der Waals surface area (Å²) < 4.78 is 28.2. The summed E-state index contributed by atoms with van der Waals surface area (Å²) in [5, 5.41) is 3.88. The molecule has 3 rings (SSSR count). The van der Waals surface area contributed by atoms with Crippen LogP contribution in [0.4, 0.5) is 0 Å². The zero-order valence-corrected chi connectivity index (χ0v) is 14.7. The van der Waals surface area contributed by atoms with Gasteiger partial charge < -0.3 is 10.1 Å². The van der Waals surface area contributed by atoms with E-state index in [0.29, 0.717) is 27.4 Å². The number of carbonyl (C=O) groups excluding carboxylic acids is 1. The maximum atomic E-state index is 11.9. The van der Waals surface area contributed by atoms with Gasteiger partial charge in [0.25, 0.3) is 5.91 Å². The molecule has 2 aromatic rings. The predicted octanol–water partition coefficient (Wildman–Crippen LogP) is 1.62. The second-order valence-electron chi connectivity index (χ2n) is 5.42. The van der Waals surface area contributed by atoms with Crippen LogP contribution in [0, 0.1) is 0 Å². The number of aromatic nitrogens is 2.